The summed E-state index contributed by atoms with van der Waals surface area (Å²) in [6, 6.07) is 5.74. The van der Waals surface area contributed by atoms with Gasteiger partial charge in [-0.3, -0.25) is 9.59 Å². The van der Waals surface area contributed by atoms with Gasteiger partial charge in [0.1, 0.15) is 6.04 Å². The maximum absolute atomic E-state index is 12.4. The molecule has 0 aromatic heterocycles. The van der Waals surface area contributed by atoms with Gasteiger partial charge in [0.05, 0.1) is 6.54 Å². The van der Waals surface area contributed by atoms with Crippen molar-refractivity contribution in [1.29, 1.82) is 0 Å². The third-order valence-corrected chi connectivity index (χ3v) is 4.25. The Morgan fingerprint density at radius 1 is 1.19 bits per heavy atom. The molecule has 1 aliphatic rings. The van der Waals surface area contributed by atoms with E-state index in [0.717, 1.165) is 12.0 Å². The number of hydrogen-bond donors (Lipinski definition) is 0. The summed E-state index contributed by atoms with van der Waals surface area (Å²) in [6.07, 6.45) is 0.878. The summed E-state index contributed by atoms with van der Waals surface area (Å²) < 4.78 is 0. The second-order valence-corrected chi connectivity index (χ2v) is 5.83. The molecule has 4 nitrogen and oxygen atoms in total. The first kappa shape index (κ1) is 15.5. The number of amides is 2. The molecule has 0 unspecified atom stereocenters. The van der Waals surface area contributed by atoms with Gasteiger partial charge < -0.3 is 9.80 Å². The van der Waals surface area contributed by atoms with E-state index in [0.29, 0.717) is 13.1 Å². The highest BCUT2D eigenvalue weighted by atomic mass is 16.2. The number of nitrogens with zero attached hydrogens (tertiary/aromatic N) is 2. The topological polar surface area (TPSA) is 40.6 Å². The fraction of sp³-hybridized carbons (Fsp3) is 0.529. The van der Waals surface area contributed by atoms with Crippen LogP contribution in [-0.2, 0) is 16.1 Å². The van der Waals surface area contributed by atoms with Gasteiger partial charge in [-0.15, -0.1) is 0 Å². The summed E-state index contributed by atoms with van der Waals surface area (Å²) in [5.74, 6) is 0.0980. The van der Waals surface area contributed by atoms with Gasteiger partial charge in [0, 0.05) is 13.1 Å². The van der Waals surface area contributed by atoms with E-state index < -0.39 is 0 Å². The molecule has 2 rings (SSSR count). The van der Waals surface area contributed by atoms with Gasteiger partial charge in [-0.25, -0.2) is 0 Å². The first-order chi connectivity index (χ1) is 9.95. The molecule has 1 saturated heterocycles. The van der Waals surface area contributed by atoms with Crippen LogP contribution in [-0.4, -0.2) is 40.7 Å². The van der Waals surface area contributed by atoms with E-state index in [1.54, 1.807) is 9.80 Å². The van der Waals surface area contributed by atoms with Crippen LogP contribution in [0.5, 0.6) is 0 Å². The van der Waals surface area contributed by atoms with Crippen molar-refractivity contribution < 1.29 is 9.59 Å². The van der Waals surface area contributed by atoms with Crippen molar-refractivity contribution in [3.8, 4) is 0 Å². The summed E-state index contributed by atoms with van der Waals surface area (Å²) in [6.45, 7) is 9.33. The summed E-state index contributed by atoms with van der Waals surface area (Å²) >= 11 is 0. The van der Waals surface area contributed by atoms with Crippen LogP contribution in [0.25, 0.3) is 0 Å². The summed E-state index contributed by atoms with van der Waals surface area (Å²) in [4.78, 5) is 28.1. The number of benzene rings is 1. The Kier molecular flexibility index (Phi) is 4.66. The zero-order valence-electron chi connectivity index (χ0n) is 13.3. The summed E-state index contributed by atoms with van der Waals surface area (Å²) in [5, 5.41) is 0. The number of aryl methyl sites for hydroxylation is 2. The van der Waals surface area contributed by atoms with Crippen LogP contribution >= 0.6 is 0 Å². The average Bonchev–Trinajstić information content (AvgIpc) is 2.43. The van der Waals surface area contributed by atoms with Crippen molar-refractivity contribution in [1.82, 2.24) is 9.80 Å². The molecule has 0 N–H and O–H groups in total. The largest absolute Gasteiger partial charge is 0.332 e. The van der Waals surface area contributed by atoms with Gasteiger partial charge in [0.15, 0.2) is 0 Å². The van der Waals surface area contributed by atoms with Crippen LogP contribution in [0, 0.1) is 13.8 Å². The maximum Gasteiger partial charge on any atom is 0.245 e. The van der Waals surface area contributed by atoms with Crippen LogP contribution in [0.15, 0.2) is 18.2 Å². The van der Waals surface area contributed by atoms with E-state index in [4.69, 9.17) is 0 Å². The monoisotopic (exact) mass is 288 g/mol. The van der Waals surface area contributed by atoms with E-state index in [1.807, 2.05) is 45.9 Å². The van der Waals surface area contributed by atoms with E-state index in [1.165, 1.54) is 11.1 Å². The Bertz CT molecular complexity index is 533. The normalized spacial score (nSPS) is 19.3. The van der Waals surface area contributed by atoms with Gasteiger partial charge in [-0.2, -0.15) is 0 Å². The number of carbonyl (C=O) groups is 2. The quantitative estimate of drug-likeness (QED) is 0.853. The smallest absolute Gasteiger partial charge is 0.245 e. The average molecular weight is 288 g/mol. The van der Waals surface area contributed by atoms with E-state index in [9.17, 15) is 9.59 Å². The van der Waals surface area contributed by atoms with Crippen molar-refractivity contribution in [2.75, 3.05) is 13.1 Å². The molecule has 1 fully saturated rings. The molecule has 0 bridgehead atoms. The third kappa shape index (κ3) is 3.09. The fourth-order valence-corrected chi connectivity index (χ4v) is 2.90. The Morgan fingerprint density at radius 3 is 2.38 bits per heavy atom. The predicted molar refractivity (Wildman–Crippen MR) is 82.8 cm³/mol. The van der Waals surface area contributed by atoms with Gasteiger partial charge in [-0.05, 0) is 43.9 Å². The predicted octanol–water partition coefficient (Wildman–Crippen LogP) is 2.27. The summed E-state index contributed by atoms with van der Waals surface area (Å²) in [7, 11) is 0. The first-order valence-electron chi connectivity index (χ1n) is 7.59. The minimum Gasteiger partial charge on any atom is -0.332 e. The molecular formula is C17H24N2O2. The molecule has 1 aromatic rings. The van der Waals surface area contributed by atoms with Crippen molar-refractivity contribution >= 4 is 11.8 Å². The minimum absolute atomic E-state index is 0.0400. The number of carbonyl (C=O) groups excluding carboxylic acids is 2. The fourth-order valence-electron chi connectivity index (χ4n) is 2.90. The van der Waals surface area contributed by atoms with Crippen molar-refractivity contribution in [3.05, 3.63) is 34.9 Å². The lowest BCUT2D eigenvalue weighted by atomic mass is 10.0. The highest BCUT2D eigenvalue weighted by Crippen LogP contribution is 2.20. The van der Waals surface area contributed by atoms with E-state index in [-0.39, 0.29) is 24.4 Å². The second-order valence-electron chi connectivity index (χ2n) is 5.83. The van der Waals surface area contributed by atoms with Gasteiger partial charge in [0.25, 0.3) is 0 Å². The highest BCUT2D eigenvalue weighted by Gasteiger charge is 2.36. The zero-order chi connectivity index (χ0) is 15.6. The van der Waals surface area contributed by atoms with Crippen LogP contribution in [0.1, 0.15) is 37.0 Å². The van der Waals surface area contributed by atoms with Gasteiger partial charge in [0.2, 0.25) is 11.8 Å². The molecule has 0 spiro atoms. The number of rotatable bonds is 4. The Hall–Kier alpha value is -1.84. The molecule has 4 heteroatoms. The first-order valence-corrected chi connectivity index (χ1v) is 7.59. The molecule has 0 aliphatic carbocycles. The third-order valence-electron chi connectivity index (χ3n) is 4.25. The van der Waals surface area contributed by atoms with Crippen LogP contribution < -0.4 is 0 Å². The minimum atomic E-state index is -0.378. The molecule has 1 aliphatic heterocycles. The summed E-state index contributed by atoms with van der Waals surface area (Å²) in [5.41, 5.74) is 3.48. The molecule has 1 aromatic carbocycles. The lowest BCUT2D eigenvalue weighted by Gasteiger charge is -2.39. The second kappa shape index (κ2) is 6.29. The van der Waals surface area contributed by atoms with Gasteiger partial charge >= 0.3 is 0 Å². The Labute approximate surface area is 126 Å². The molecule has 21 heavy (non-hydrogen) atoms. The Morgan fingerprint density at radius 2 is 1.81 bits per heavy atom. The highest BCUT2D eigenvalue weighted by molar-refractivity contribution is 5.94. The van der Waals surface area contributed by atoms with E-state index in [2.05, 4.69) is 0 Å². The SMILES string of the molecule is CCCN1CC(=O)N(Cc2c(C)cccc2C)[C@@H](C)C1=O. The van der Waals surface area contributed by atoms with Crippen LogP contribution in [0.4, 0.5) is 0 Å². The van der Waals surface area contributed by atoms with Crippen molar-refractivity contribution in [3.63, 3.8) is 0 Å². The Balaban J connectivity index is 2.21. The molecule has 114 valence electrons. The van der Waals surface area contributed by atoms with Crippen LogP contribution in [0.3, 0.4) is 0 Å². The molecular weight excluding hydrogens is 264 g/mol. The zero-order valence-corrected chi connectivity index (χ0v) is 13.3. The van der Waals surface area contributed by atoms with E-state index >= 15 is 0 Å². The van der Waals surface area contributed by atoms with Crippen molar-refractivity contribution in [2.24, 2.45) is 0 Å². The lowest BCUT2D eigenvalue weighted by molar-refractivity contribution is -0.155. The molecule has 0 radical (unpaired) electrons. The molecule has 2 amide bonds. The van der Waals surface area contributed by atoms with Crippen LogP contribution in [0.2, 0.25) is 0 Å². The van der Waals surface area contributed by atoms with Crippen molar-refractivity contribution in [2.45, 2.75) is 46.7 Å². The number of hydrogen-bond acceptors (Lipinski definition) is 2. The maximum atomic E-state index is 12.4. The standard InChI is InChI=1S/C17H24N2O2/c1-5-9-18-11-16(20)19(14(4)17(18)21)10-15-12(2)7-6-8-13(15)3/h6-8,14H,5,9-11H2,1-4H3/t14-/m0/s1. The lowest BCUT2D eigenvalue weighted by Crippen LogP contribution is -2.58. The molecule has 1 heterocycles. The van der Waals surface area contributed by atoms with Gasteiger partial charge in [-0.1, -0.05) is 25.1 Å². The molecule has 1 atom stereocenters. The molecule has 0 saturated carbocycles. The number of piperazine rings is 1.